The van der Waals surface area contributed by atoms with Gasteiger partial charge in [0.1, 0.15) is 0 Å². The van der Waals surface area contributed by atoms with Crippen molar-refractivity contribution in [2.45, 2.75) is 6.92 Å². The number of rotatable bonds is 6. The fourth-order valence-corrected chi connectivity index (χ4v) is 2.67. The van der Waals surface area contributed by atoms with Gasteiger partial charge in [-0.2, -0.15) is 0 Å². The summed E-state index contributed by atoms with van der Waals surface area (Å²) in [6.45, 7) is 2.77. The summed E-state index contributed by atoms with van der Waals surface area (Å²) in [4.78, 5) is 16.8. The number of nitrogens with one attached hydrogen (secondary N) is 1. The van der Waals surface area contributed by atoms with Gasteiger partial charge in [-0.3, -0.25) is 4.79 Å². The Labute approximate surface area is 156 Å². The molecule has 2 aromatic carbocycles. The topological polar surface area (TPSA) is 69.0 Å². The zero-order chi connectivity index (χ0) is 18.5. The van der Waals surface area contributed by atoms with Gasteiger partial charge in [0.15, 0.2) is 5.82 Å². The van der Waals surface area contributed by atoms with Crippen LogP contribution in [0.15, 0.2) is 48.5 Å². The van der Waals surface area contributed by atoms with E-state index in [1.54, 1.807) is 11.8 Å². The van der Waals surface area contributed by atoms with E-state index in [4.69, 9.17) is 16.3 Å². The van der Waals surface area contributed by atoms with E-state index in [1.807, 2.05) is 55.5 Å². The Morgan fingerprint density at radius 2 is 2.00 bits per heavy atom. The van der Waals surface area contributed by atoms with E-state index in [9.17, 15) is 4.79 Å². The van der Waals surface area contributed by atoms with E-state index in [1.165, 1.54) is 0 Å². The van der Waals surface area contributed by atoms with E-state index in [2.05, 4.69) is 15.4 Å². The fraction of sp³-hybridized carbons (Fsp3) is 0.211. The van der Waals surface area contributed by atoms with Crippen molar-refractivity contribution in [3.8, 4) is 17.1 Å². The van der Waals surface area contributed by atoms with Crippen molar-refractivity contribution < 1.29 is 9.53 Å². The molecule has 1 N–H and O–H groups in total. The van der Waals surface area contributed by atoms with Crippen molar-refractivity contribution in [2.75, 3.05) is 20.3 Å². The number of aromatic nitrogens is 3. The standard InChI is InChI=1S/C19H19ClN4O2/c1-13-8-9-15(20)12-16(13)24-18(14-6-4-3-5-7-14)22-17(23-24)19(25)21-10-11-26-2/h3-9,12H,10-11H2,1-2H3,(H,21,25). The van der Waals surface area contributed by atoms with Crippen LogP contribution in [0.1, 0.15) is 16.2 Å². The molecule has 1 aromatic heterocycles. The van der Waals surface area contributed by atoms with Gasteiger partial charge in [0.25, 0.3) is 5.91 Å². The van der Waals surface area contributed by atoms with Crippen molar-refractivity contribution in [2.24, 2.45) is 0 Å². The molecule has 3 aromatic rings. The SMILES string of the molecule is COCCNC(=O)c1nc(-c2ccccc2)n(-c2cc(Cl)ccc2C)n1. The largest absolute Gasteiger partial charge is 0.383 e. The lowest BCUT2D eigenvalue weighted by molar-refractivity contribution is 0.0927. The minimum Gasteiger partial charge on any atom is -0.383 e. The molecule has 0 spiro atoms. The van der Waals surface area contributed by atoms with Crippen molar-refractivity contribution in [3.63, 3.8) is 0 Å². The van der Waals surface area contributed by atoms with Crippen molar-refractivity contribution in [1.29, 1.82) is 0 Å². The number of carbonyl (C=O) groups is 1. The molecule has 7 heteroatoms. The molecule has 0 atom stereocenters. The first-order chi connectivity index (χ1) is 12.6. The molecule has 6 nitrogen and oxygen atoms in total. The molecule has 0 saturated heterocycles. The summed E-state index contributed by atoms with van der Waals surface area (Å²) in [5.74, 6) is 0.324. The Morgan fingerprint density at radius 1 is 1.23 bits per heavy atom. The average Bonchev–Trinajstić information content (AvgIpc) is 3.10. The lowest BCUT2D eigenvalue weighted by Crippen LogP contribution is -2.28. The van der Waals surface area contributed by atoms with Crippen LogP contribution in [-0.2, 0) is 4.74 Å². The number of benzene rings is 2. The second kappa shape index (κ2) is 8.12. The highest BCUT2D eigenvalue weighted by molar-refractivity contribution is 6.30. The quantitative estimate of drug-likeness (QED) is 0.676. The predicted octanol–water partition coefficient (Wildman–Crippen LogP) is 3.27. The van der Waals surface area contributed by atoms with Gasteiger partial charge < -0.3 is 10.1 Å². The monoisotopic (exact) mass is 370 g/mol. The first-order valence-corrected chi connectivity index (χ1v) is 8.54. The summed E-state index contributed by atoms with van der Waals surface area (Å²) in [6, 6.07) is 15.1. The van der Waals surface area contributed by atoms with Gasteiger partial charge >= 0.3 is 0 Å². The molecule has 0 fully saturated rings. The summed E-state index contributed by atoms with van der Waals surface area (Å²) in [7, 11) is 1.58. The van der Waals surface area contributed by atoms with E-state index in [0.717, 1.165) is 16.8 Å². The molecular weight excluding hydrogens is 352 g/mol. The minimum absolute atomic E-state index is 0.0966. The maximum atomic E-state index is 12.4. The number of halogens is 1. The van der Waals surface area contributed by atoms with Crippen LogP contribution in [0.3, 0.4) is 0 Å². The Bertz CT molecular complexity index is 909. The van der Waals surface area contributed by atoms with E-state index in [-0.39, 0.29) is 11.7 Å². The van der Waals surface area contributed by atoms with E-state index in [0.29, 0.717) is 24.0 Å². The maximum absolute atomic E-state index is 12.4. The molecule has 1 amide bonds. The van der Waals surface area contributed by atoms with Crippen molar-refractivity contribution in [1.82, 2.24) is 20.1 Å². The van der Waals surface area contributed by atoms with E-state index < -0.39 is 0 Å². The Hall–Kier alpha value is -2.70. The number of ether oxygens (including phenoxy) is 1. The van der Waals surface area contributed by atoms with Crippen molar-refractivity contribution >= 4 is 17.5 Å². The lowest BCUT2D eigenvalue weighted by Gasteiger charge is -2.09. The van der Waals surface area contributed by atoms with Gasteiger partial charge in [0.05, 0.1) is 12.3 Å². The van der Waals surface area contributed by atoms with Gasteiger partial charge in [-0.15, -0.1) is 5.10 Å². The molecule has 26 heavy (non-hydrogen) atoms. The van der Waals surface area contributed by atoms with Crippen LogP contribution in [0.4, 0.5) is 0 Å². The molecule has 0 unspecified atom stereocenters. The van der Waals surface area contributed by atoms with Crippen LogP contribution in [0.25, 0.3) is 17.1 Å². The molecule has 0 bridgehead atoms. The molecule has 3 rings (SSSR count). The van der Waals surface area contributed by atoms with Gasteiger partial charge in [-0.25, -0.2) is 9.67 Å². The first-order valence-electron chi connectivity index (χ1n) is 8.16. The number of aryl methyl sites for hydroxylation is 1. The molecule has 0 aliphatic carbocycles. The number of nitrogens with zero attached hydrogens (tertiary/aromatic N) is 3. The number of amides is 1. The third kappa shape index (κ3) is 3.92. The smallest absolute Gasteiger partial charge is 0.291 e. The second-order valence-electron chi connectivity index (χ2n) is 5.72. The number of hydrogen-bond acceptors (Lipinski definition) is 4. The number of methoxy groups -OCH3 is 1. The molecule has 0 saturated carbocycles. The van der Waals surface area contributed by atoms with Gasteiger partial charge in [-0.05, 0) is 24.6 Å². The Kier molecular flexibility index (Phi) is 5.65. The number of carbonyl (C=O) groups excluding carboxylic acids is 1. The van der Waals surface area contributed by atoms with Crippen LogP contribution in [0.5, 0.6) is 0 Å². The third-order valence-electron chi connectivity index (χ3n) is 3.83. The third-order valence-corrected chi connectivity index (χ3v) is 4.07. The van der Waals surface area contributed by atoms with Gasteiger partial charge in [0, 0.05) is 24.2 Å². The van der Waals surface area contributed by atoms with Crippen molar-refractivity contribution in [3.05, 3.63) is 64.9 Å². The Balaban J connectivity index is 2.07. The van der Waals surface area contributed by atoms with Crippen LogP contribution >= 0.6 is 11.6 Å². The molecule has 1 heterocycles. The highest BCUT2D eigenvalue weighted by Gasteiger charge is 2.19. The summed E-state index contributed by atoms with van der Waals surface area (Å²) < 4.78 is 6.60. The zero-order valence-electron chi connectivity index (χ0n) is 14.6. The summed E-state index contributed by atoms with van der Waals surface area (Å²) in [5.41, 5.74) is 2.61. The lowest BCUT2D eigenvalue weighted by atomic mass is 10.2. The molecule has 134 valence electrons. The first kappa shape index (κ1) is 18.1. The zero-order valence-corrected chi connectivity index (χ0v) is 15.3. The van der Waals surface area contributed by atoms with Crippen LogP contribution in [-0.4, -0.2) is 40.9 Å². The summed E-state index contributed by atoms with van der Waals surface area (Å²) >= 11 is 6.16. The molecule has 0 aliphatic heterocycles. The van der Waals surface area contributed by atoms with Gasteiger partial charge in [0.2, 0.25) is 5.82 Å². The highest BCUT2D eigenvalue weighted by Crippen LogP contribution is 2.25. The van der Waals surface area contributed by atoms with Crippen LogP contribution < -0.4 is 5.32 Å². The van der Waals surface area contributed by atoms with Crippen LogP contribution in [0.2, 0.25) is 5.02 Å². The fourth-order valence-electron chi connectivity index (χ4n) is 2.51. The van der Waals surface area contributed by atoms with E-state index >= 15 is 0 Å². The summed E-state index contributed by atoms with van der Waals surface area (Å²) in [5, 5.41) is 7.76. The predicted molar refractivity (Wildman–Crippen MR) is 101 cm³/mol. The molecular formula is C19H19ClN4O2. The highest BCUT2D eigenvalue weighted by atomic mass is 35.5. The number of hydrogen-bond donors (Lipinski definition) is 1. The van der Waals surface area contributed by atoms with Gasteiger partial charge in [-0.1, -0.05) is 48.0 Å². The maximum Gasteiger partial charge on any atom is 0.291 e. The minimum atomic E-state index is -0.349. The van der Waals surface area contributed by atoms with Crippen LogP contribution in [0, 0.1) is 6.92 Å². The molecule has 0 aliphatic rings. The summed E-state index contributed by atoms with van der Waals surface area (Å²) in [6.07, 6.45) is 0. The molecule has 0 radical (unpaired) electrons. The Morgan fingerprint density at radius 3 is 2.73 bits per heavy atom. The normalized spacial score (nSPS) is 10.7. The second-order valence-corrected chi connectivity index (χ2v) is 6.15. The average molecular weight is 371 g/mol.